The van der Waals surface area contributed by atoms with Crippen molar-refractivity contribution in [2.75, 3.05) is 33.8 Å². The summed E-state index contributed by atoms with van der Waals surface area (Å²) in [5, 5.41) is 15.0. The molecular formula is C26H31ClN4O4. The number of nitrogens with zero attached hydrogens (tertiary/aromatic N) is 3. The summed E-state index contributed by atoms with van der Waals surface area (Å²) in [4.78, 5) is 28.1. The van der Waals surface area contributed by atoms with Crippen LogP contribution in [0.25, 0.3) is 0 Å². The number of hydrogen-bond donors (Lipinski definition) is 1. The highest BCUT2D eigenvalue weighted by molar-refractivity contribution is 6.47. The Morgan fingerprint density at radius 1 is 1.03 bits per heavy atom. The number of oxime groups is 3. The normalized spacial score (nSPS) is 14.9. The molecule has 9 heteroatoms. The summed E-state index contributed by atoms with van der Waals surface area (Å²) in [5.74, 6) is 5.75. The minimum atomic E-state index is -0.319. The van der Waals surface area contributed by atoms with Crippen molar-refractivity contribution in [2.24, 2.45) is 15.5 Å². The fourth-order valence-corrected chi connectivity index (χ4v) is 3.53. The van der Waals surface area contributed by atoms with Crippen molar-refractivity contribution in [3.8, 4) is 11.8 Å². The third-order valence-electron chi connectivity index (χ3n) is 5.41. The van der Waals surface area contributed by atoms with E-state index in [0.717, 1.165) is 22.3 Å². The zero-order valence-electron chi connectivity index (χ0n) is 21.0. The van der Waals surface area contributed by atoms with Crippen molar-refractivity contribution in [2.45, 2.75) is 33.6 Å². The van der Waals surface area contributed by atoms with Gasteiger partial charge in [0.1, 0.15) is 32.2 Å². The maximum Gasteiger partial charge on any atom is 0.273 e. The first kappa shape index (κ1) is 27.7. The Labute approximate surface area is 211 Å². The van der Waals surface area contributed by atoms with Crippen LogP contribution in [-0.4, -0.2) is 56.8 Å². The lowest BCUT2D eigenvalue weighted by atomic mass is 9.85. The molecule has 0 fully saturated rings. The van der Waals surface area contributed by atoms with Gasteiger partial charge in [-0.15, -0.1) is 11.6 Å². The molecule has 0 saturated carbocycles. The molecule has 0 aromatic heterocycles. The lowest BCUT2D eigenvalue weighted by molar-refractivity contribution is -0.114. The lowest BCUT2D eigenvalue weighted by Gasteiger charge is -2.22. The average molecular weight is 499 g/mol. The predicted molar refractivity (Wildman–Crippen MR) is 140 cm³/mol. The smallest absolute Gasteiger partial charge is 0.273 e. The van der Waals surface area contributed by atoms with Crippen LogP contribution >= 0.6 is 11.6 Å². The summed E-state index contributed by atoms with van der Waals surface area (Å²) < 4.78 is 0. The fraction of sp³-hybridized carbons (Fsp3) is 0.385. The van der Waals surface area contributed by atoms with Crippen molar-refractivity contribution in [3.05, 3.63) is 57.7 Å². The number of rotatable bonds is 9. The molecule has 1 aliphatic rings. The number of amides is 1. The first-order valence-electron chi connectivity index (χ1n) is 11.0. The third kappa shape index (κ3) is 7.72. The van der Waals surface area contributed by atoms with E-state index in [9.17, 15) is 4.79 Å². The highest BCUT2D eigenvalue weighted by Gasteiger charge is 2.25. The van der Waals surface area contributed by atoms with Crippen LogP contribution in [0.1, 0.15) is 44.7 Å². The topological polar surface area (TPSA) is 93.9 Å². The maximum atomic E-state index is 12.4. The van der Waals surface area contributed by atoms with Crippen molar-refractivity contribution < 1.29 is 19.3 Å². The Morgan fingerprint density at radius 2 is 1.66 bits per heavy atom. The summed E-state index contributed by atoms with van der Waals surface area (Å²) in [6.07, 6.45) is 1.23. The van der Waals surface area contributed by atoms with Crippen LogP contribution in [0.3, 0.4) is 0 Å². The number of hydrogen-bond acceptors (Lipinski definition) is 7. The Bertz CT molecular complexity index is 1140. The number of benzene rings is 1. The second-order valence-electron chi connectivity index (χ2n) is 7.78. The van der Waals surface area contributed by atoms with Gasteiger partial charge in [-0.1, -0.05) is 50.6 Å². The molecular weight excluding hydrogens is 468 g/mol. The van der Waals surface area contributed by atoms with E-state index in [4.69, 9.17) is 26.1 Å². The Kier molecular flexibility index (Phi) is 11.0. The van der Waals surface area contributed by atoms with Crippen molar-refractivity contribution in [1.29, 1.82) is 0 Å². The zero-order valence-corrected chi connectivity index (χ0v) is 21.7. The summed E-state index contributed by atoms with van der Waals surface area (Å²) in [6.45, 7) is 6.08. The van der Waals surface area contributed by atoms with Crippen molar-refractivity contribution >= 4 is 34.6 Å². The van der Waals surface area contributed by atoms with E-state index in [1.807, 2.05) is 31.2 Å². The highest BCUT2D eigenvalue weighted by Crippen LogP contribution is 2.31. The molecule has 186 valence electrons. The van der Waals surface area contributed by atoms with Crippen LogP contribution in [-0.2, 0) is 19.3 Å². The summed E-state index contributed by atoms with van der Waals surface area (Å²) in [7, 11) is 4.45. The molecule has 0 saturated heterocycles. The fourth-order valence-electron chi connectivity index (χ4n) is 3.47. The Balaban J connectivity index is 2.29. The average Bonchev–Trinajstić information content (AvgIpc) is 2.86. The van der Waals surface area contributed by atoms with Crippen molar-refractivity contribution in [1.82, 2.24) is 5.32 Å². The van der Waals surface area contributed by atoms with Gasteiger partial charge in [0.15, 0.2) is 5.71 Å². The Hall–Kier alpha value is -3.57. The lowest BCUT2D eigenvalue weighted by Crippen LogP contribution is -2.31. The monoisotopic (exact) mass is 498 g/mol. The number of allylic oxidation sites excluding steroid dienone is 2. The minimum absolute atomic E-state index is 0.185. The number of carbonyl (C=O) groups is 1. The third-order valence-corrected chi connectivity index (χ3v) is 5.54. The van der Waals surface area contributed by atoms with Gasteiger partial charge in [0, 0.05) is 18.2 Å². The molecule has 0 radical (unpaired) electrons. The molecule has 0 unspecified atom stereocenters. The van der Waals surface area contributed by atoms with Gasteiger partial charge in [-0.2, -0.15) is 0 Å². The summed E-state index contributed by atoms with van der Waals surface area (Å²) in [5.41, 5.74) is 7.04. The number of carbonyl (C=O) groups excluding carboxylic acids is 1. The molecule has 1 amide bonds. The van der Waals surface area contributed by atoms with E-state index >= 15 is 0 Å². The van der Waals surface area contributed by atoms with E-state index in [2.05, 4.69) is 39.5 Å². The number of alkyl halides is 1. The van der Waals surface area contributed by atoms with Crippen LogP contribution in [0.15, 0.2) is 62.0 Å². The highest BCUT2D eigenvalue weighted by atomic mass is 35.5. The van der Waals surface area contributed by atoms with Crippen molar-refractivity contribution in [3.63, 3.8) is 0 Å². The second-order valence-corrected chi connectivity index (χ2v) is 8.05. The van der Waals surface area contributed by atoms with Crippen LogP contribution < -0.4 is 5.32 Å². The van der Waals surface area contributed by atoms with E-state index in [-0.39, 0.29) is 24.1 Å². The number of halogens is 1. The van der Waals surface area contributed by atoms with Crippen LogP contribution in [0.4, 0.5) is 0 Å². The van der Waals surface area contributed by atoms with Crippen LogP contribution in [0.2, 0.25) is 0 Å². The molecule has 1 aromatic carbocycles. The number of nitrogens with one attached hydrogen (secondary N) is 1. The van der Waals surface area contributed by atoms with Gasteiger partial charge in [-0.25, -0.2) is 0 Å². The molecule has 0 atom stereocenters. The van der Waals surface area contributed by atoms with Gasteiger partial charge in [-0.3, -0.25) is 4.79 Å². The molecule has 35 heavy (non-hydrogen) atoms. The summed E-state index contributed by atoms with van der Waals surface area (Å²) in [6, 6.07) is 7.51. The largest absolute Gasteiger partial charge is 0.399 e. The minimum Gasteiger partial charge on any atom is -0.399 e. The van der Waals surface area contributed by atoms with Gasteiger partial charge in [-0.05, 0) is 56.9 Å². The molecule has 1 N–H and O–H groups in total. The quantitative estimate of drug-likeness (QED) is 0.181. The Morgan fingerprint density at radius 3 is 2.26 bits per heavy atom. The first-order chi connectivity index (χ1) is 16.9. The van der Waals surface area contributed by atoms with Gasteiger partial charge in [0.25, 0.3) is 5.91 Å². The van der Waals surface area contributed by atoms with Crippen LogP contribution in [0, 0.1) is 11.8 Å². The standard InChI is InChI=1S/C26H31ClN4O4/c1-17-14-22(23(15-18(17)2)25(31-34-6)26(32)28-4)16-35-29-19(3)24(30-33-5)21-11-9-20(10-12-21)8-7-13-27/h9-12H,13-16H2,1-6H3,(H,28,32)/b29-19+,30-24-,31-25+. The van der Waals surface area contributed by atoms with Gasteiger partial charge >= 0.3 is 0 Å². The molecule has 2 rings (SSSR count). The van der Waals surface area contributed by atoms with E-state index in [1.165, 1.54) is 25.4 Å². The molecule has 8 nitrogen and oxygen atoms in total. The first-order valence-corrected chi connectivity index (χ1v) is 11.5. The SMILES string of the molecule is CNC(=O)/C(=N/OC)C1=C(CO/N=C(C)/C(=N/OC)c2ccc(C#CCCl)cc2)CC(C)=C(C)C1. The molecule has 0 bridgehead atoms. The van der Waals surface area contributed by atoms with E-state index < -0.39 is 0 Å². The van der Waals surface area contributed by atoms with E-state index in [1.54, 1.807) is 14.0 Å². The molecule has 0 aliphatic heterocycles. The predicted octanol–water partition coefficient (Wildman–Crippen LogP) is 4.20. The molecule has 1 aromatic rings. The molecule has 0 heterocycles. The van der Waals surface area contributed by atoms with Gasteiger partial charge in [0.2, 0.25) is 0 Å². The van der Waals surface area contributed by atoms with Gasteiger partial charge < -0.3 is 19.8 Å². The van der Waals surface area contributed by atoms with Gasteiger partial charge in [0.05, 0.1) is 5.88 Å². The molecule has 1 aliphatic carbocycles. The van der Waals surface area contributed by atoms with Crippen LogP contribution in [0.5, 0.6) is 0 Å². The molecule has 0 spiro atoms. The second kappa shape index (κ2) is 14.0. The van der Waals surface area contributed by atoms with E-state index in [0.29, 0.717) is 24.3 Å². The maximum absolute atomic E-state index is 12.4. The zero-order chi connectivity index (χ0) is 25.8. The summed E-state index contributed by atoms with van der Waals surface area (Å²) >= 11 is 5.62.